The zero-order chi connectivity index (χ0) is 17.3. The molecule has 1 saturated heterocycles. The normalized spacial score (nSPS) is 18.0. The Labute approximate surface area is 149 Å². The highest BCUT2D eigenvalue weighted by molar-refractivity contribution is 9.10. The number of hydrogen-bond acceptors (Lipinski definition) is 5. The van der Waals surface area contributed by atoms with Crippen molar-refractivity contribution in [2.75, 3.05) is 18.4 Å². The Hall–Kier alpha value is -1.89. The third-order valence-electron chi connectivity index (χ3n) is 3.72. The number of ether oxygens (including phenoxy) is 1. The highest BCUT2D eigenvalue weighted by Crippen LogP contribution is 2.20. The van der Waals surface area contributed by atoms with E-state index in [2.05, 4.69) is 31.2 Å². The first-order valence-electron chi connectivity index (χ1n) is 7.97. The highest BCUT2D eigenvalue weighted by Gasteiger charge is 2.30. The van der Waals surface area contributed by atoms with Gasteiger partial charge >= 0.3 is 6.09 Å². The molecule has 6 nitrogen and oxygen atoms in total. The monoisotopic (exact) mass is 392 g/mol. The van der Waals surface area contributed by atoms with E-state index in [4.69, 9.17) is 4.74 Å². The second-order valence-electron chi connectivity index (χ2n) is 6.95. The van der Waals surface area contributed by atoms with E-state index in [9.17, 15) is 4.79 Å². The van der Waals surface area contributed by atoms with Gasteiger partial charge < -0.3 is 15.0 Å². The highest BCUT2D eigenvalue weighted by atomic mass is 79.9. The van der Waals surface area contributed by atoms with Gasteiger partial charge in [-0.25, -0.2) is 14.8 Å². The lowest BCUT2D eigenvalue weighted by molar-refractivity contribution is 0.0293. The molecule has 0 spiro atoms. The molecule has 24 heavy (non-hydrogen) atoms. The Balaban J connectivity index is 1.64. The number of carbonyl (C=O) groups excluding carboxylic acids is 1. The first-order valence-corrected chi connectivity index (χ1v) is 8.76. The third kappa shape index (κ3) is 4.14. The van der Waals surface area contributed by atoms with Gasteiger partial charge in [0.15, 0.2) is 0 Å². The smallest absolute Gasteiger partial charge is 0.410 e. The molecule has 1 aromatic carbocycles. The van der Waals surface area contributed by atoms with E-state index in [1.54, 1.807) is 11.1 Å². The number of nitrogens with zero attached hydrogens (tertiary/aromatic N) is 3. The van der Waals surface area contributed by atoms with Gasteiger partial charge in [-0.15, -0.1) is 0 Å². The number of likely N-dealkylation sites (tertiary alicyclic amines) is 1. The summed E-state index contributed by atoms with van der Waals surface area (Å²) in [7, 11) is 0. The van der Waals surface area contributed by atoms with Crippen molar-refractivity contribution in [1.82, 2.24) is 14.9 Å². The van der Waals surface area contributed by atoms with Crippen LogP contribution in [0.1, 0.15) is 27.2 Å². The topological polar surface area (TPSA) is 67.3 Å². The van der Waals surface area contributed by atoms with Gasteiger partial charge in [0.25, 0.3) is 0 Å². The van der Waals surface area contributed by atoms with Crippen LogP contribution in [-0.4, -0.2) is 45.7 Å². The maximum absolute atomic E-state index is 12.1. The number of carbonyl (C=O) groups is 1. The van der Waals surface area contributed by atoms with Gasteiger partial charge in [-0.3, -0.25) is 0 Å². The van der Waals surface area contributed by atoms with Gasteiger partial charge in [-0.1, -0.05) is 22.0 Å². The van der Waals surface area contributed by atoms with E-state index < -0.39 is 5.60 Å². The summed E-state index contributed by atoms with van der Waals surface area (Å²) in [5.41, 5.74) is 0.404. The molecule has 1 fully saturated rings. The van der Waals surface area contributed by atoms with Crippen LogP contribution in [0.5, 0.6) is 0 Å². The molecule has 3 rings (SSSR count). The van der Waals surface area contributed by atoms with E-state index in [1.165, 1.54) is 0 Å². The molecule has 1 aliphatic rings. The van der Waals surface area contributed by atoms with Gasteiger partial charge in [0, 0.05) is 35.2 Å². The van der Waals surface area contributed by atoms with Crippen LogP contribution in [-0.2, 0) is 4.74 Å². The van der Waals surface area contributed by atoms with E-state index in [1.807, 2.05) is 39.0 Å². The van der Waals surface area contributed by atoms with Crippen LogP contribution in [0.3, 0.4) is 0 Å². The number of halogens is 1. The quantitative estimate of drug-likeness (QED) is 0.841. The van der Waals surface area contributed by atoms with Crippen LogP contribution in [0.25, 0.3) is 10.9 Å². The average Bonchev–Trinajstić information content (AvgIpc) is 2.94. The minimum absolute atomic E-state index is 0.127. The Morgan fingerprint density at radius 1 is 1.42 bits per heavy atom. The van der Waals surface area contributed by atoms with E-state index in [-0.39, 0.29) is 12.1 Å². The van der Waals surface area contributed by atoms with Crippen LogP contribution in [0.15, 0.2) is 28.9 Å². The summed E-state index contributed by atoms with van der Waals surface area (Å²) in [4.78, 5) is 22.7. The molecule has 0 aliphatic carbocycles. The second-order valence-corrected chi connectivity index (χ2v) is 7.87. The van der Waals surface area contributed by atoms with Crippen molar-refractivity contribution >= 4 is 38.9 Å². The summed E-state index contributed by atoms with van der Waals surface area (Å²) in [6.45, 7) is 6.88. The molecule has 0 saturated carbocycles. The lowest BCUT2D eigenvalue weighted by Crippen LogP contribution is -2.36. The molecule has 7 heteroatoms. The molecule has 128 valence electrons. The van der Waals surface area contributed by atoms with Crippen LogP contribution in [0.4, 0.5) is 10.7 Å². The zero-order valence-electron chi connectivity index (χ0n) is 14.0. The number of fused-ring (bicyclic) bond motifs is 1. The molecule has 1 aromatic heterocycles. The molecule has 1 atom stereocenters. The Kier molecular flexibility index (Phi) is 4.62. The van der Waals surface area contributed by atoms with E-state index in [0.29, 0.717) is 19.0 Å². The van der Waals surface area contributed by atoms with Crippen molar-refractivity contribution in [2.45, 2.75) is 38.8 Å². The molecular formula is C17H21BrN4O2. The molecular weight excluding hydrogens is 372 g/mol. The SMILES string of the molecule is CC(C)(C)OC(=O)N1CC[C@H](Nc2ncc3ccc(Br)cc3n2)C1. The number of aromatic nitrogens is 2. The first kappa shape index (κ1) is 17.0. The van der Waals surface area contributed by atoms with Crippen molar-refractivity contribution < 1.29 is 9.53 Å². The maximum atomic E-state index is 12.1. The second kappa shape index (κ2) is 6.55. The van der Waals surface area contributed by atoms with E-state index in [0.717, 1.165) is 21.8 Å². The minimum Gasteiger partial charge on any atom is -0.444 e. The van der Waals surface area contributed by atoms with Gasteiger partial charge in [-0.05, 0) is 39.3 Å². The number of amides is 1. The van der Waals surface area contributed by atoms with Crippen LogP contribution in [0.2, 0.25) is 0 Å². The number of benzene rings is 1. The summed E-state index contributed by atoms with van der Waals surface area (Å²) in [5, 5.41) is 4.30. The fourth-order valence-electron chi connectivity index (χ4n) is 2.62. The largest absolute Gasteiger partial charge is 0.444 e. The molecule has 2 heterocycles. The lowest BCUT2D eigenvalue weighted by Gasteiger charge is -2.24. The first-order chi connectivity index (χ1) is 11.3. The molecule has 1 N–H and O–H groups in total. The minimum atomic E-state index is -0.475. The van der Waals surface area contributed by atoms with Gasteiger partial charge in [0.2, 0.25) is 5.95 Å². The predicted octanol–water partition coefficient (Wildman–Crippen LogP) is 3.81. The number of anilines is 1. The standard InChI is InChI=1S/C17H21BrN4O2/c1-17(2,3)24-16(23)22-7-6-13(10-22)20-15-19-9-11-4-5-12(18)8-14(11)21-15/h4-5,8-9,13H,6-7,10H2,1-3H3,(H,19,20,21)/t13-/m0/s1. The Bertz CT molecular complexity index is 760. The summed E-state index contributed by atoms with van der Waals surface area (Å²) in [6.07, 6.45) is 2.38. The van der Waals surface area contributed by atoms with Crippen molar-refractivity contribution in [1.29, 1.82) is 0 Å². The molecule has 2 aromatic rings. The van der Waals surface area contributed by atoms with E-state index >= 15 is 0 Å². The summed E-state index contributed by atoms with van der Waals surface area (Å²) in [5.74, 6) is 0.580. The molecule has 0 radical (unpaired) electrons. The van der Waals surface area contributed by atoms with Crippen molar-refractivity contribution in [3.8, 4) is 0 Å². The predicted molar refractivity (Wildman–Crippen MR) is 97.1 cm³/mol. The molecule has 1 aliphatic heterocycles. The average molecular weight is 393 g/mol. The van der Waals surface area contributed by atoms with Gasteiger partial charge in [0.05, 0.1) is 5.52 Å². The van der Waals surface area contributed by atoms with Crippen molar-refractivity contribution in [3.05, 3.63) is 28.9 Å². The fourth-order valence-corrected chi connectivity index (χ4v) is 2.97. The zero-order valence-corrected chi connectivity index (χ0v) is 15.6. The van der Waals surface area contributed by atoms with Gasteiger partial charge in [0.1, 0.15) is 5.60 Å². The summed E-state index contributed by atoms with van der Waals surface area (Å²) in [6, 6.07) is 6.03. The van der Waals surface area contributed by atoms with Crippen LogP contribution in [0, 0.1) is 0 Å². The number of nitrogens with one attached hydrogen (secondary N) is 1. The Morgan fingerprint density at radius 3 is 2.96 bits per heavy atom. The van der Waals surface area contributed by atoms with Crippen molar-refractivity contribution in [3.63, 3.8) is 0 Å². The fraction of sp³-hybridized carbons (Fsp3) is 0.471. The summed E-state index contributed by atoms with van der Waals surface area (Å²) < 4.78 is 6.40. The van der Waals surface area contributed by atoms with Crippen LogP contribution < -0.4 is 5.32 Å². The number of hydrogen-bond donors (Lipinski definition) is 1. The molecule has 1 amide bonds. The molecule has 0 unspecified atom stereocenters. The maximum Gasteiger partial charge on any atom is 0.410 e. The molecule has 0 bridgehead atoms. The van der Waals surface area contributed by atoms with Crippen molar-refractivity contribution in [2.24, 2.45) is 0 Å². The number of rotatable bonds is 2. The van der Waals surface area contributed by atoms with Crippen LogP contribution >= 0.6 is 15.9 Å². The summed E-state index contributed by atoms with van der Waals surface area (Å²) >= 11 is 3.45. The Morgan fingerprint density at radius 2 is 2.21 bits per heavy atom. The van der Waals surface area contributed by atoms with Gasteiger partial charge in [-0.2, -0.15) is 0 Å². The third-order valence-corrected chi connectivity index (χ3v) is 4.21. The lowest BCUT2D eigenvalue weighted by atomic mass is 10.2.